The number of likely N-dealkylation sites (tertiary alicyclic amines) is 2. The van der Waals surface area contributed by atoms with Crippen LogP contribution in [0, 0.1) is 5.92 Å². The molecule has 2 atom stereocenters. The Morgan fingerprint density at radius 2 is 2.06 bits per heavy atom. The van der Waals surface area contributed by atoms with Crippen molar-refractivity contribution in [2.75, 3.05) is 26.2 Å². The fourth-order valence-corrected chi connectivity index (χ4v) is 3.10. The molecule has 0 bridgehead atoms. The van der Waals surface area contributed by atoms with Gasteiger partial charge < -0.3 is 10.0 Å². The summed E-state index contributed by atoms with van der Waals surface area (Å²) in [6.07, 6.45) is 2.80. The molecule has 4 heteroatoms. The molecular weight excluding hydrogens is 228 g/mol. The minimum Gasteiger partial charge on any atom is -0.396 e. The molecule has 1 amide bonds. The monoisotopic (exact) mass is 254 g/mol. The highest BCUT2D eigenvalue weighted by Crippen LogP contribution is 2.27. The van der Waals surface area contributed by atoms with Crippen LogP contribution in [0.3, 0.4) is 0 Å². The first-order chi connectivity index (χ1) is 8.41. The standard InChI is InChI=1S/C14H26N2O2/c1-14(2,3)15-6-4-5-12(9-15)16-8-11(10-17)7-13(16)18/h11-12,17H,4-10H2,1-3H3. The van der Waals surface area contributed by atoms with Crippen molar-refractivity contribution in [3.05, 3.63) is 0 Å². The lowest BCUT2D eigenvalue weighted by Crippen LogP contribution is -2.54. The molecule has 2 aliphatic heterocycles. The van der Waals surface area contributed by atoms with Gasteiger partial charge in [0.2, 0.25) is 5.91 Å². The number of hydrogen-bond acceptors (Lipinski definition) is 3. The number of piperidine rings is 1. The van der Waals surface area contributed by atoms with Gasteiger partial charge in [-0.15, -0.1) is 0 Å². The van der Waals surface area contributed by atoms with Crippen LogP contribution in [0.15, 0.2) is 0 Å². The van der Waals surface area contributed by atoms with Crippen LogP contribution >= 0.6 is 0 Å². The highest BCUT2D eigenvalue weighted by Gasteiger charge is 2.37. The van der Waals surface area contributed by atoms with Gasteiger partial charge in [-0.2, -0.15) is 0 Å². The summed E-state index contributed by atoms with van der Waals surface area (Å²) in [5.74, 6) is 0.386. The summed E-state index contributed by atoms with van der Waals surface area (Å²) in [6.45, 7) is 9.70. The summed E-state index contributed by atoms with van der Waals surface area (Å²) in [7, 11) is 0. The maximum absolute atomic E-state index is 12.0. The van der Waals surface area contributed by atoms with E-state index in [0.29, 0.717) is 12.5 Å². The van der Waals surface area contributed by atoms with Gasteiger partial charge in [-0.25, -0.2) is 0 Å². The summed E-state index contributed by atoms with van der Waals surface area (Å²) in [4.78, 5) is 16.5. The van der Waals surface area contributed by atoms with Gasteiger partial charge in [-0.1, -0.05) is 0 Å². The first-order valence-electron chi connectivity index (χ1n) is 7.07. The van der Waals surface area contributed by atoms with E-state index in [1.54, 1.807) is 0 Å². The zero-order valence-electron chi connectivity index (χ0n) is 11.9. The average Bonchev–Trinajstić information content (AvgIpc) is 2.70. The Hall–Kier alpha value is -0.610. The lowest BCUT2D eigenvalue weighted by molar-refractivity contribution is -0.131. The van der Waals surface area contributed by atoms with Crippen LogP contribution in [-0.4, -0.2) is 58.6 Å². The Kier molecular flexibility index (Phi) is 3.97. The third-order valence-electron chi connectivity index (χ3n) is 4.28. The van der Waals surface area contributed by atoms with Gasteiger partial charge in [-0.3, -0.25) is 9.69 Å². The molecule has 104 valence electrons. The second-order valence-corrected chi connectivity index (χ2v) is 6.71. The normalized spacial score (nSPS) is 31.1. The number of nitrogens with zero attached hydrogens (tertiary/aromatic N) is 2. The van der Waals surface area contributed by atoms with Gasteiger partial charge in [0.25, 0.3) is 0 Å². The lowest BCUT2D eigenvalue weighted by Gasteiger charge is -2.44. The molecule has 0 spiro atoms. The van der Waals surface area contributed by atoms with Gasteiger partial charge in [0.05, 0.1) is 0 Å². The molecule has 0 aromatic heterocycles. The topological polar surface area (TPSA) is 43.8 Å². The minimum atomic E-state index is 0.137. The Labute approximate surface area is 110 Å². The average molecular weight is 254 g/mol. The molecule has 2 heterocycles. The summed E-state index contributed by atoms with van der Waals surface area (Å²) >= 11 is 0. The number of carbonyl (C=O) groups excluding carboxylic acids is 1. The van der Waals surface area contributed by atoms with Gasteiger partial charge in [0.15, 0.2) is 0 Å². The molecule has 0 saturated carbocycles. The van der Waals surface area contributed by atoms with Gasteiger partial charge in [0.1, 0.15) is 0 Å². The Morgan fingerprint density at radius 3 is 2.61 bits per heavy atom. The number of amides is 1. The number of aliphatic hydroxyl groups is 1. The van der Waals surface area contributed by atoms with Crippen LogP contribution in [0.1, 0.15) is 40.0 Å². The van der Waals surface area contributed by atoms with E-state index in [0.717, 1.165) is 32.5 Å². The van der Waals surface area contributed by atoms with Crippen molar-refractivity contribution in [2.45, 2.75) is 51.6 Å². The van der Waals surface area contributed by atoms with Gasteiger partial charge in [0, 0.05) is 43.6 Å². The molecule has 18 heavy (non-hydrogen) atoms. The summed E-state index contributed by atoms with van der Waals surface area (Å²) in [6, 6.07) is 0.349. The SMILES string of the molecule is CC(C)(C)N1CCCC(N2CC(CO)CC2=O)C1. The van der Waals surface area contributed by atoms with E-state index in [1.165, 1.54) is 0 Å². The Morgan fingerprint density at radius 1 is 1.33 bits per heavy atom. The fourth-order valence-electron chi connectivity index (χ4n) is 3.10. The van der Waals surface area contributed by atoms with E-state index in [1.807, 2.05) is 4.90 Å². The number of rotatable bonds is 2. The van der Waals surface area contributed by atoms with Crippen LogP contribution in [0.2, 0.25) is 0 Å². The third kappa shape index (κ3) is 2.86. The van der Waals surface area contributed by atoms with E-state index >= 15 is 0 Å². The molecule has 4 nitrogen and oxygen atoms in total. The van der Waals surface area contributed by atoms with Crippen LogP contribution in [0.5, 0.6) is 0 Å². The first kappa shape index (κ1) is 13.8. The zero-order chi connectivity index (χ0) is 13.3. The molecule has 2 aliphatic rings. The van der Waals surface area contributed by atoms with Crippen molar-refractivity contribution in [1.82, 2.24) is 9.80 Å². The zero-order valence-corrected chi connectivity index (χ0v) is 11.9. The molecule has 2 saturated heterocycles. The molecule has 0 aromatic carbocycles. The van der Waals surface area contributed by atoms with Crippen molar-refractivity contribution in [2.24, 2.45) is 5.92 Å². The largest absolute Gasteiger partial charge is 0.396 e. The molecule has 1 N–H and O–H groups in total. The quantitative estimate of drug-likeness (QED) is 0.802. The maximum Gasteiger partial charge on any atom is 0.223 e. The lowest BCUT2D eigenvalue weighted by atomic mass is 9.97. The summed E-state index contributed by atoms with van der Waals surface area (Å²) in [5.41, 5.74) is 0.178. The Bertz CT molecular complexity index is 311. The van der Waals surface area contributed by atoms with Crippen molar-refractivity contribution in [3.8, 4) is 0 Å². The maximum atomic E-state index is 12.0. The number of hydrogen-bond donors (Lipinski definition) is 1. The first-order valence-corrected chi connectivity index (χ1v) is 7.07. The third-order valence-corrected chi connectivity index (χ3v) is 4.28. The van der Waals surface area contributed by atoms with Crippen molar-refractivity contribution >= 4 is 5.91 Å². The van der Waals surface area contributed by atoms with Gasteiger partial charge >= 0.3 is 0 Å². The van der Waals surface area contributed by atoms with Crippen molar-refractivity contribution in [1.29, 1.82) is 0 Å². The minimum absolute atomic E-state index is 0.137. The summed E-state index contributed by atoms with van der Waals surface area (Å²) < 4.78 is 0. The van der Waals surface area contributed by atoms with E-state index in [4.69, 9.17) is 0 Å². The molecule has 0 aliphatic carbocycles. The van der Waals surface area contributed by atoms with Crippen LogP contribution in [0.25, 0.3) is 0 Å². The number of carbonyl (C=O) groups is 1. The summed E-state index contributed by atoms with van der Waals surface area (Å²) in [5, 5.41) is 9.19. The van der Waals surface area contributed by atoms with E-state index in [9.17, 15) is 9.90 Å². The molecule has 0 aromatic rings. The predicted molar refractivity (Wildman–Crippen MR) is 71.3 cm³/mol. The second kappa shape index (κ2) is 5.17. The van der Waals surface area contributed by atoms with Gasteiger partial charge in [-0.05, 0) is 40.2 Å². The van der Waals surface area contributed by atoms with Crippen LogP contribution in [-0.2, 0) is 4.79 Å². The van der Waals surface area contributed by atoms with Crippen molar-refractivity contribution in [3.63, 3.8) is 0 Å². The van der Waals surface area contributed by atoms with E-state index in [2.05, 4.69) is 25.7 Å². The van der Waals surface area contributed by atoms with E-state index < -0.39 is 0 Å². The van der Waals surface area contributed by atoms with Crippen molar-refractivity contribution < 1.29 is 9.90 Å². The van der Waals surface area contributed by atoms with Crippen LogP contribution < -0.4 is 0 Å². The second-order valence-electron chi connectivity index (χ2n) is 6.71. The number of aliphatic hydroxyl groups excluding tert-OH is 1. The molecule has 0 radical (unpaired) electrons. The highest BCUT2D eigenvalue weighted by atomic mass is 16.3. The highest BCUT2D eigenvalue weighted by molar-refractivity contribution is 5.79. The Balaban J connectivity index is 1.99. The fraction of sp³-hybridized carbons (Fsp3) is 0.929. The molecule has 2 unspecified atom stereocenters. The molecular formula is C14H26N2O2. The molecule has 2 fully saturated rings. The smallest absolute Gasteiger partial charge is 0.223 e. The molecule has 2 rings (SSSR count). The van der Waals surface area contributed by atoms with Crippen LogP contribution in [0.4, 0.5) is 0 Å². The predicted octanol–water partition coefficient (Wildman–Crippen LogP) is 1.09. The van der Waals surface area contributed by atoms with E-state index in [-0.39, 0.29) is 24.0 Å².